The zero-order chi connectivity index (χ0) is 22.1. The molecule has 1 atom stereocenters. The average molecular weight is 432 g/mol. The van der Waals surface area contributed by atoms with Crippen LogP contribution >= 0.6 is 0 Å². The van der Waals surface area contributed by atoms with Crippen LogP contribution in [-0.4, -0.2) is 44.8 Å². The molecule has 0 heterocycles. The molecule has 0 aliphatic rings. The molecule has 0 radical (unpaired) electrons. The van der Waals surface area contributed by atoms with Gasteiger partial charge in [0.2, 0.25) is 21.8 Å². The number of likely N-dealkylation sites (N-methyl/N-ethyl adjacent to an activating group) is 1. The lowest BCUT2D eigenvalue weighted by atomic mass is 10.1. The van der Waals surface area contributed by atoms with Crippen LogP contribution in [0.4, 0.5) is 0 Å². The second-order valence-electron chi connectivity index (χ2n) is 6.94. The van der Waals surface area contributed by atoms with Gasteiger partial charge in [0.1, 0.15) is 6.04 Å². The molecule has 2 amide bonds. The molecule has 162 valence electrons. The minimum absolute atomic E-state index is 0.140. The van der Waals surface area contributed by atoms with Crippen molar-refractivity contribution in [3.05, 3.63) is 65.7 Å². The first-order valence-corrected chi connectivity index (χ1v) is 11.4. The Hall–Kier alpha value is -2.71. The Labute approximate surface area is 178 Å². The number of nitrogens with zero attached hydrogens (tertiary/aromatic N) is 1. The first-order chi connectivity index (χ1) is 14.3. The predicted octanol–water partition coefficient (Wildman–Crippen LogP) is 2.08. The topological polar surface area (TPSA) is 95.6 Å². The Morgan fingerprint density at radius 3 is 2.20 bits per heavy atom. The van der Waals surface area contributed by atoms with Crippen LogP contribution in [0.2, 0.25) is 0 Å². The monoisotopic (exact) mass is 431 g/mol. The second-order valence-corrected chi connectivity index (χ2v) is 8.71. The highest BCUT2D eigenvalue weighted by atomic mass is 32.2. The van der Waals surface area contributed by atoms with Gasteiger partial charge in [-0.2, -0.15) is 0 Å². The van der Waals surface area contributed by atoms with Gasteiger partial charge in [-0.05, 0) is 36.6 Å². The van der Waals surface area contributed by atoms with Crippen molar-refractivity contribution in [2.75, 3.05) is 13.6 Å². The quantitative estimate of drug-likeness (QED) is 0.602. The maximum atomic E-state index is 12.9. The van der Waals surface area contributed by atoms with Crippen LogP contribution in [0.3, 0.4) is 0 Å². The molecule has 0 unspecified atom stereocenters. The molecule has 0 spiro atoms. The number of amides is 2. The van der Waals surface area contributed by atoms with E-state index in [0.29, 0.717) is 19.5 Å². The highest BCUT2D eigenvalue weighted by Gasteiger charge is 2.25. The van der Waals surface area contributed by atoms with Crippen LogP contribution in [-0.2, 0) is 32.6 Å². The van der Waals surface area contributed by atoms with E-state index < -0.39 is 16.1 Å². The molecule has 0 saturated carbocycles. The van der Waals surface area contributed by atoms with Gasteiger partial charge in [-0.15, -0.1) is 0 Å². The van der Waals surface area contributed by atoms with E-state index in [1.165, 1.54) is 12.1 Å². The molecule has 0 aromatic heterocycles. The normalized spacial score (nSPS) is 12.2. The van der Waals surface area contributed by atoms with Gasteiger partial charge in [0.15, 0.2) is 0 Å². The van der Waals surface area contributed by atoms with Crippen molar-refractivity contribution in [3.63, 3.8) is 0 Å². The van der Waals surface area contributed by atoms with Crippen molar-refractivity contribution in [3.8, 4) is 0 Å². The molecule has 30 heavy (non-hydrogen) atoms. The van der Waals surface area contributed by atoms with Crippen LogP contribution in [0.1, 0.15) is 31.4 Å². The van der Waals surface area contributed by atoms with E-state index in [0.717, 1.165) is 11.1 Å². The fraction of sp³-hybridized carbons (Fsp3) is 0.364. The summed E-state index contributed by atoms with van der Waals surface area (Å²) in [5.41, 5.74) is 1.80. The van der Waals surface area contributed by atoms with Gasteiger partial charge in [0.25, 0.3) is 0 Å². The minimum Gasteiger partial charge on any atom is -0.357 e. The van der Waals surface area contributed by atoms with E-state index in [4.69, 9.17) is 0 Å². The van der Waals surface area contributed by atoms with Gasteiger partial charge in [0, 0.05) is 26.6 Å². The number of nitrogens with one attached hydrogen (secondary N) is 2. The number of hydrogen-bond donors (Lipinski definition) is 2. The summed E-state index contributed by atoms with van der Waals surface area (Å²) in [5.74, 6) is -0.364. The summed E-state index contributed by atoms with van der Waals surface area (Å²) in [7, 11) is -1.95. The molecule has 2 aromatic carbocycles. The first kappa shape index (κ1) is 23.6. The second kappa shape index (κ2) is 10.9. The SMILES string of the molecule is CCNS(=O)(=O)c1ccc(CCC(=O)N(Cc2ccccc2)[C@@H](C)C(=O)NC)cc1. The Morgan fingerprint density at radius 1 is 1.00 bits per heavy atom. The summed E-state index contributed by atoms with van der Waals surface area (Å²) in [4.78, 5) is 26.8. The lowest BCUT2D eigenvalue weighted by molar-refractivity contribution is -0.140. The van der Waals surface area contributed by atoms with Gasteiger partial charge < -0.3 is 10.2 Å². The summed E-state index contributed by atoms with van der Waals surface area (Å²) >= 11 is 0. The molecule has 0 aliphatic carbocycles. The summed E-state index contributed by atoms with van der Waals surface area (Å²) in [6, 6.07) is 15.4. The van der Waals surface area contributed by atoms with Gasteiger partial charge >= 0.3 is 0 Å². The number of hydrogen-bond acceptors (Lipinski definition) is 4. The van der Waals surface area contributed by atoms with Crippen LogP contribution in [0.25, 0.3) is 0 Å². The fourth-order valence-corrected chi connectivity index (χ4v) is 4.12. The lowest BCUT2D eigenvalue weighted by Crippen LogP contribution is -2.46. The Kier molecular flexibility index (Phi) is 8.56. The van der Waals surface area contributed by atoms with Crippen molar-refractivity contribution in [1.29, 1.82) is 0 Å². The highest BCUT2D eigenvalue weighted by molar-refractivity contribution is 7.89. The van der Waals surface area contributed by atoms with E-state index in [-0.39, 0.29) is 23.1 Å². The highest BCUT2D eigenvalue weighted by Crippen LogP contribution is 2.15. The number of carbonyl (C=O) groups excluding carboxylic acids is 2. The van der Waals surface area contributed by atoms with E-state index >= 15 is 0 Å². The number of carbonyl (C=O) groups is 2. The number of sulfonamides is 1. The summed E-state index contributed by atoms with van der Waals surface area (Å²) in [5, 5.41) is 2.59. The lowest BCUT2D eigenvalue weighted by Gasteiger charge is -2.28. The molecule has 0 saturated heterocycles. The van der Waals surface area contributed by atoms with Crippen molar-refractivity contribution in [1.82, 2.24) is 14.9 Å². The summed E-state index contributed by atoms with van der Waals surface area (Å²) < 4.78 is 26.5. The van der Waals surface area contributed by atoms with Gasteiger partial charge in [-0.3, -0.25) is 9.59 Å². The van der Waals surface area contributed by atoms with Crippen molar-refractivity contribution >= 4 is 21.8 Å². The molecular formula is C22H29N3O4S. The molecular weight excluding hydrogens is 402 g/mol. The molecule has 2 N–H and O–H groups in total. The third-order valence-corrected chi connectivity index (χ3v) is 6.37. The van der Waals surface area contributed by atoms with Crippen LogP contribution in [0.5, 0.6) is 0 Å². The maximum Gasteiger partial charge on any atom is 0.242 e. The van der Waals surface area contributed by atoms with Crippen molar-refractivity contribution < 1.29 is 18.0 Å². The zero-order valence-corrected chi connectivity index (χ0v) is 18.4. The van der Waals surface area contributed by atoms with E-state index in [1.807, 2.05) is 30.3 Å². The maximum absolute atomic E-state index is 12.9. The molecule has 0 fully saturated rings. The molecule has 0 aliphatic heterocycles. The standard InChI is InChI=1S/C22H29N3O4S/c1-4-24-30(28,29)20-13-10-18(11-14-20)12-15-21(26)25(17(2)22(27)23-3)16-19-8-6-5-7-9-19/h5-11,13-14,17,24H,4,12,15-16H2,1-3H3,(H,23,27)/t17-/m0/s1. The minimum atomic E-state index is -3.50. The molecule has 2 aromatic rings. The van der Waals surface area contributed by atoms with Crippen LogP contribution in [0.15, 0.2) is 59.5 Å². The average Bonchev–Trinajstić information content (AvgIpc) is 2.75. The van der Waals surface area contributed by atoms with Gasteiger partial charge in [0.05, 0.1) is 4.90 Å². The third kappa shape index (κ3) is 6.40. The van der Waals surface area contributed by atoms with Crippen molar-refractivity contribution in [2.24, 2.45) is 0 Å². The Balaban J connectivity index is 2.08. The van der Waals surface area contributed by atoms with Crippen molar-refractivity contribution in [2.45, 2.75) is 44.2 Å². The van der Waals surface area contributed by atoms with Crippen LogP contribution < -0.4 is 10.0 Å². The van der Waals surface area contributed by atoms with Gasteiger partial charge in [-0.25, -0.2) is 13.1 Å². The molecule has 7 nitrogen and oxygen atoms in total. The molecule has 2 rings (SSSR count). The fourth-order valence-electron chi connectivity index (χ4n) is 3.08. The summed E-state index contributed by atoms with van der Waals surface area (Å²) in [6.45, 7) is 4.09. The van der Waals surface area contributed by atoms with Crippen LogP contribution in [0, 0.1) is 0 Å². The Bertz CT molecular complexity index is 944. The smallest absolute Gasteiger partial charge is 0.242 e. The van der Waals surface area contributed by atoms with E-state index in [9.17, 15) is 18.0 Å². The van der Waals surface area contributed by atoms with E-state index in [1.54, 1.807) is 37.9 Å². The summed E-state index contributed by atoms with van der Waals surface area (Å²) in [6.07, 6.45) is 0.666. The predicted molar refractivity (Wildman–Crippen MR) is 116 cm³/mol. The zero-order valence-electron chi connectivity index (χ0n) is 17.6. The Morgan fingerprint density at radius 2 is 1.63 bits per heavy atom. The third-order valence-electron chi connectivity index (χ3n) is 4.80. The van der Waals surface area contributed by atoms with E-state index in [2.05, 4.69) is 10.0 Å². The van der Waals surface area contributed by atoms with Gasteiger partial charge in [-0.1, -0.05) is 49.4 Å². The largest absolute Gasteiger partial charge is 0.357 e. The molecule has 8 heteroatoms. The first-order valence-electron chi connectivity index (χ1n) is 9.92. The number of rotatable bonds is 10. The molecule has 0 bridgehead atoms. The number of benzene rings is 2. The number of aryl methyl sites for hydroxylation is 1.